The fourth-order valence-corrected chi connectivity index (χ4v) is 2.16. The molecule has 0 aliphatic carbocycles. The molecule has 3 rings (SSSR count). The zero-order chi connectivity index (χ0) is 13.6. The van der Waals surface area contributed by atoms with Crippen molar-refractivity contribution in [1.82, 2.24) is 19.5 Å². The quantitative estimate of drug-likeness (QED) is 0.482. The molecule has 0 aromatic carbocycles. The third-order valence-corrected chi connectivity index (χ3v) is 3.16. The summed E-state index contributed by atoms with van der Waals surface area (Å²) in [5.41, 5.74) is -0.0608. The van der Waals surface area contributed by atoms with Gasteiger partial charge in [-0.1, -0.05) is 0 Å². The van der Waals surface area contributed by atoms with Gasteiger partial charge in [-0.15, -0.1) is 0 Å². The predicted octanol–water partition coefficient (Wildman–Crippen LogP) is -2.27. The van der Waals surface area contributed by atoms with E-state index >= 15 is 0 Å². The largest absolute Gasteiger partial charge is 0.394 e. The van der Waals surface area contributed by atoms with Gasteiger partial charge in [0.05, 0.1) is 19.3 Å². The van der Waals surface area contributed by atoms with Crippen LogP contribution in [0.25, 0.3) is 11.2 Å². The van der Waals surface area contributed by atoms with Gasteiger partial charge in [-0.05, 0) is 0 Å². The maximum Gasteiger partial charge on any atom is 0.278 e. The van der Waals surface area contributed by atoms with Crippen molar-refractivity contribution >= 4 is 11.2 Å². The number of imidazole rings is 1. The highest BCUT2D eigenvalue weighted by molar-refractivity contribution is 5.68. The second-order valence-electron chi connectivity index (χ2n) is 4.28. The summed E-state index contributed by atoms with van der Waals surface area (Å²) in [6, 6.07) is 0. The molecule has 4 N–H and O–H groups in total. The molecule has 1 aliphatic rings. The highest BCUT2D eigenvalue weighted by Gasteiger charge is 2.43. The second kappa shape index (κ2) is 4.38. The maximum absolute atomic E-state index is 11.5. The number of aliphatic hydroxyl groups excluding tert-OH is 3. The van der Waals surface area contributed by atoms with Gasteiger partial charge in [0, 0.05) is 0 Å². The molecule has 2 aromatic heterocycles. The molecule has 1 saturated heterocycles. The lowest BCUT2D eigenvalue weighted by Crippen LogP contribution is -2.33. The SMILES string of the molecule is O=c1[nH]cnc2c1ncn2C1O[C@H](CO)[C@@H](O)C1O. The third-order valence-electron chi connectivity index (χ3n) is 3.16. The third kappa shape index (κ3) is 1.75. The molecule has 3 heterocycles. The number of rotatable bonds is 2. The van der Waals surface area contributed by atoms with Crippen LogP contribution in [0.5, 0.6) is 0 Å². The molecule has 0 amide bonds. The summed E-state index contributed by atoms with van der Waals surface area (Å²) in [6.07, 6.45) is -1.78. The lowest BCUT2D eigenvalue weighted by Gasteiger charge is -2.16. The molecule has 102 valence electrons. The first-order valence-corrected chi connectivity index (χ1v) is 5.66. The Kier molecular flexibility index (Phi) is 2.82. The van der Waals surface area contributed by atoms with E-state index in [9.17, 15) is 15.0 Å². The lowest BCUT2D eigenvalue weighted by molar-refractivity contribution is -0.0511. The van der Waals surface area contributed by atoms with Crippen molar-refractivity contribution in [1.29, 1.82) is 0 Å². The monoisotopic (exact) mass is 268 g/mol. The van der Waals surface area contributed by atoms with Crippen molar-refractivity contribution in [3.05, 3.63) is 23.0 Å². The number of nitrogens with one attached hydrogen (secondary N) is 1. The smallest absolute Gasteiger partial charge is 0.278 e. The van der Waals surface area contributed by atoms with Gasteiger partial charge >= 0.3 is 0 Å². The number of aromatic amines is 1. The van der Waals surface area contributed by atoms with Gasteiger partial charge in [0.25, 0.3) is 5.56 Å². The topological polar surface area (TPSA) is 133 Å². The van der Waals surface area contributed by atoms with E-state index in [1.54, 1.807) is 0 Å². The number of hydrogen-bond donors (Lipinski definition) is 4. The number of fused-ring (bicyclic) bond motifs is 1. The summed E-state index contributed by atoms with van der Waals surface area (Å²) >= 11 is 0. The summed E-state index contributed by atoms with van der Waals surface area (Å²) in [4.78, 5) is 21.8. The van der Waals surface area contributed by atoms with E-state index in [-0.39, 0.29) is 11.2 Å². The highest BCUT2D eigenvalue weighted by Crippen LogP contribution is 2.30. The Labute approximate surface area is 106 Å². The Balaban J connectivity index is 2.06. The normalized spacial score (nSPS) is 31.1. The number of ether oxygens (including phenoxy) is 1. The number of hydrogen-bond acceptors (Lipinski definition) is 7. The minimum atomic E-state index is -1.24. The molecule has 0 bridgehead atoms. The first kappa shape index (κ1) is 12.2. The van der Waals surface area contributed by atoms with Crippen LogP contribution < -0.4 is 5.56 Å². The van der Waals surface area contributed by atoms with Crippen LogP contribution in [0.15, 0.2) is 17.4 Å². The average molecular weight is 268 g/mol. The predicted molar refractivity (Wildman–Crippen MR) is 61.2 cm³/mol. The van der Waals surface area contributed by atoms with Crippen LogP contribution in [0.2, 0.25) is 0 Å². The van der Waals surface area contributed by atoms with Crippen LogP contribution in [-0.2, 0) is 4.74 Å². The first-order chi connectivity index (χ1) is 9.13. The fourth-order valence-electron chi connectivity index (χ4n) is 2.16. The number of aliphatic hydroxyl groups is 3. The molecular weight excluding hydrogens is 256 g/mol. The Morgan fingerprint density at radius 2 is 2.16 bits per heavy atom. The summed E-state index contributed by atoms with van der Waals surface area (Å²) in [7, 11) is 0. The van der Waals surface area contributed by atoms with Crippen molar-refractivity contribution in [2.45, 2.75) is 24.5 Å². The van der Waals surface area contributed by atoms with Crippen molar-refractivity contribution in [2.75, 3.05) is 6.61 Å². The van der Waals surface area contributed by atoms with Crippen LogP contribution in [0, 0.1) is 0 Å². The van der Waals surface area contributed by atoms with Crippen LogP contribution >= 0.6 is 0 Å². The number of H-pyrrole nitrogens is 1. The molecule has 2 unspecified atom stereocenters. The van der Waals surface area contributed by atoms with Crippen LogP contribution in [0.1, 0.15) is 6.23 Å². The molecule has 1 aliphatic heterocycles. The van der Waals surface area contributed by atoms with Gasteiger partial charge in [0.2, 0.25) is 0 Å². The van der Waals surface area contributed by atoms with Crippen molar-refractivity contribution in [3.8, 4) is 0 Å². The van der Waals surface area contributed by atoms with Crippen LogP contribution in [-0.4, -0.2) is 59.8 Å². The van der Waals surface area contributed by atoms with Gasteiger partial charge in [-0.2, -0.15) is 0 Å². The molecule has 0 saturated carbocycles. The molecular formula is C10H12N4O5. The van der Waals surface area contributed by atoms with E-state index in [0.29, 0.717) is 0 Å². The standard InChI is InChI=1S/C10H12N4O5/c15-1-4-6(16)7(17)10(19-4)14-3-13-5-8(14)11-2-12-9(5)18/h2-4,6-7,10,15-17H,1H2,(H,11,12,18)/t4-,6-,7?,10?/m1/s1. The molecule has 4 atom stereocenters. The summed E-state index contributed by atoms with van der Waals surface area (Å²) in [5.74, 6) is 0. The van der Waals surface area contributed by atoms with Crippen LogP contribution in [0.3, 0.4) is 0 Å². The van der Waals surface area contributed by atoms with Crippen molar-refractivity contribution < 1.29 is 20.1 Å². The van der Waals surface area contributed by atoms with Crippen LogP contribution in [0.4, 0.5) is 0 Å². The Bertz CT molecular complexity index is 653. The van der Waals surface area contributed by atoms with Crippen molar-refractivity contribution in [3.63, 3.8) is 0 Å². The van der Waals surface area contributed by atoms with Gasteiger partial charge in [-0.25, -0.2) is 9.97 Å². The summed E-state index contributed by atoms with van der Waals surface area (Å²) < 4.78 is 6.70. The Hall–Kier alpha value is -1.81. The molecule has 9 nitrogen and oxygen atoms in total. The summed E-state index contributed by atoms with van der Waals surface area (Å²) in [5, 5.41) is 28.6. The second-order valence-corrected chi connectivity index (χ2v) is 4.28. The zero-order valence-electron chi connectivity index (χ0n) is 9.67. The zero-order valence-corrected chi connectivity index (χ0v) is 9.67. The minimum Gasteiger partial charge on any atom is -0.394 e. The van der Waals surface area contributed by atoms with Gasteiger partial charge in [-0.3, -0.25) is 9.36 Å². The molecule has 0 spiro atoms. The van der Waals surface area contributed by atoms with Crippen molar-refractivity contribution in [2.24, 2.45) is 0 Å². The number of aromatic nitrogens is 4. The molecule has 19 heavy (non-hydrogen) atoms. The fraction of sp³-hybridized carbons (Fsp3) is 0.500. The van der Waals surface area contributed by atoms with Gasteiger partial charge in [0.1, 0.15) is 18.3 Å². The molecule has 0 radical (unpaired) electrons. The van der Waals surface area contributed by atoms with E-state index in [1.165, 1.54) is 17.2 Å². The Morgan fingerprint density at radius 3 is 2.84 bits per heavy atom. The molecule has 2 aromatic rings. The van der Waals surface area contributed by atoms with E-state index in [0.717, 1.165) is 0 Å². The van der Waals surface area contributed by atoms with Gasteiger partial charge in [0.15, 0.2) is 17.4 Å². The summed E-state index contributed by atoms with van der Waals surface area (Å²) in [6.45, 7) is -0.421. The first-order valence-electron chi connectivity index (χ1n) is 5.66. The molecule has 1 fully saturated rings. The number of nitrogens with zero attached hydrogens (tertiary/aromatic N) is 3. The average Bonchev–Trinajstić information content (AvgIpc) is 2.94. The van der Waals surface area contributed by atoms with E-state index in [2.05, 4.69) is 15.0 Å². The van der Waals surface area contributed by atoms with Gasteiger partial charge < -0.3 is 25.0 Å². The van der Waals surface area contributed by atoms with E-state index < -0.39 is 36.7 Å². The molecule has 9 heteroatoms. The highest BCUT2D eigenvalue weighted by atomic mass is 16.6. The van der Waals surface area contributed by atoms with E-state index in [4.69, 9.17) is 9.84 Å². The van der Waals surface area contributed by atoms with E-state index in [1.807, 2.05) is 0 Å². The minimum absolute atomic E-state index is 0.111. The Morgan fingerprint density at radius 1 is 1.37 bits per heavy atom. The maximum atomic E-state index is 11.5. The lowest BCUT2D eigenvalue weighted by atomic mass is 10.1.